The molecule has 8 heteroatoms. The third-order valence-electron chi connectivity index (χ3n) is 5.75. The molecular weight excluding hydrogens is 424 g/mol. The predicted octanol–water partition coefficient (Wildman–Crippen LogP) is 4.30. The fourth-order valence-electron chi connectivity index (χ4n) is 3.94. The summed E-state index contributed by atoms with van der Waals surface area (Å²) in [6.07, 6.45) is 2.50. The molecule has 0 radical (unpaired) electrons. The molecule has 3 rings (SSSR count). The summed E-state index contributed by atoms with van der Waals surface area (Å²) in [5, 5.41) is 9.46. The van der Waals surface area contributed by atoms with Crippen LogP contribution in [0.25, 0.3) is 11.4 Å². The molecule has 2 aromatic rings. The smallest absolute Gasteiger partial charge is 0.328 e. The molecular formula is C24H34N4O3S. The van der Waals surface area contributed by atoms with Crippen LogP contribution in [0.2, 0.25) is 0 Å². The minimum absolute atomic E-state index is 0.0607. The van der Waals surface area contributed by atoms with E-state index < -0.39 is 6.04 Å². The average Bonchev–Trinajstić information content (AvgIpc) is 3.20. The van der Waals surface area contributed by atoms with Crippen LogP contribution in [0.4, 0.5) is 0 Å². The summed E-state index contributed by atoms with van der Waals surface area (Å²) in [7, 11) is 0. The highest BCUT2D eigenvalue weighted by molar-refractivity contribution is 7.99. The van der Waals surface area contributed by atoms with E-state index in [1.807, 2.05) is 11.5 Å². The molecule has 1 aliphatic rings. The van der Waals surface area contributed by atoms with Gasteiger partial charge in [-0.15, -0.1) is 10.2 Å². The van der Waals surface area contributed by atoms with Crippen molar-refractivity contribution in [3.8, 4) is 11.4 Å². The number of esters is 1. The quantitative estimate of drug-likeness (QED) is 0.455. The molecule has 0 N–H and O–H groups in total. The first-order chi connectivity index (χ1) is 15.3. The maximum absolute atomic E-state index is 12.9. The van der Waals surface area contributed by atoms with Crippen molar-refractivity contribution in [1.29, 1.82) is 0 Å². The first-order valence-corrected chi connectivity index (χ1v) is 12.4. The minimum Gasteiger partial charge on any atom is -0.464 e. The molecule has 1 aliphatic heterocycles. The van der Waals surface area contributed by atoms with Gasteiger partial charge in [0.05, 0.1) is 12.4 Å². The number of thioether (sulfide) groups is 1. The third kappa shape index (κ3) is 5.52. The predicted molar refractivity (Wildman–Crippen MR) is 127 cm³/mol. The van der Waals surface area contributed by atoms with Crippen molar-refractivity contribution < 1.29 is 14.3 Å². The first kappa shape index (κ1) is 24.3. The van der Waals surface area contributed by atoms with Crippen LogP contribution in [0, 0.1) is 0 Å². The number of ether oxygens (including phenoxy) is 1. The van der Waals surface area contributed by atoms with Gasteiger partial charge < -0.3 is 14.2 Å². The summed E-state index contributed by atoms with van der Waals surface area (Å²) < 4.78 is 7.21. The van der Waals surface area contributed by atoms with Gasteiger partial charge >= 0.3 is 5.97 Å². The Balaban J connectivity index is 1.71. The molecule has 1 saturated heterocycles. The van der Waals surface area contributed by atoms with Crippen LogP contribution < -0.4 is 0 Å². The molecule has 0 spiro atoms. The number of piperidine rings is 1. The van der Waals surface area contributed by atoms with Crippen molar-refractivity contribution in [3.63, 3.8) is 0 Å². The van der Waals surface area contributed by atoms with Crippen LogP contribution in [-0.4, -0.2) is 56.5 Å². The number of benzene rings is 1. The topological polar surface area (TPSA) is 77.3 Å². The van der Waals surface area contributed by atoms with Crippen molar-refractivity contribution in [1.82, 2.24) is 19.7 Å². The van der Waals surface area contributed by atoms with E-state index in [1.54, 1.807) is 11.8 Å². The summed E-state index contributed by atoms with van der Waals surface area (Å²) >= 11 is 1.37. The Labute approximate surface area is 194 Å². The van der Waals surface area contributed by atoms with Gasteiger partial charge in [-0.2, -0.15) is 0 Å². The summed E-state index contributed by atoms with van der Waals surface area (Å²) in [4.78, 5) is 26.9. The lowest BCUT2D eigenvalue weighted by atomic mass is 9.87. The lowest BCUT2D eigenvalue weighted by Gasteiger charge is -2.33. The van der Waals surface area contributed by atoms with Gasteiger partial charge in [-0.05, 0) is 44.1 Å². The van der Waals surface area contributed by atoms with Crippen molar-refractivity contribution in [2.75, 3.05) is 18.9 Å². The zero-order valence-corrected chi connectivity index (χ0v) is 20.6. The Morgan fingerprint density at radius 2 is 1.84 bits per heavy atom. The maximum atomic E-state index is 12.9. The van der Waals surface area contributed by atoms with Crippen molar-refractivity contribution in [2.45, 2.75) is 77.0 Å². The molecule has 32 heavy (non-hydrogen) atoms. The summed E-state index contributed by atoms with van der Waals surface area (Å²) in [5.74, 6) is 0.653. The molecule has 1 amide bonds. The fraction of sp³-hybridized carbons (Fsp3) is 0.583. The molecule has 1 unspecified atom stereocenters. The Morgan fingerprint density at radius 3 is 2.47 bits per heavy atom. The monoisotopic (exact) mass is 458 g/mol. The van der Waals surface area contributed by atoms with E-state index in [9.17, 15) is 9.59 Å². The van der Waals surface area contributed by atoms with Crippen LogP contribution in [0.5, 0.6) is 0 Å². The Kier molecular flexibility index (Phi) is 7.98. The highest BCUT2D eigenvalue weighted by atomic mass is 32.2. The second-order valence-corrected chi connectivity index (χ2v) is 9.96. The molecule has 174 valence electrons. The zero-order valence-electron chi connectivity index (χ0n) is 19.8. The number of hydrogen-bond donors (Lipinski definition) is 0. The van der Waals surface area contributed by atoms with Crippen LogP contribution in [-0.2, 0) is 26.3 Å². The highest BCUT2D eigenvalue weighted by Gasteiger charge is 2.33. The Bertz CT molecular complexity index is 934. The summed E-state index contributed by atoms with van der Waals surface area (Å²) in [5.41, 5.74) is 2.36. The van der Waals surface area contributed by atoms with Crippen molar-refractivity contribution in [3.05, 3.63) is 29.8 Å². The van der Waals surface area contributed by atoms with Crippen molar-refractivity contribution in [2.24, 2.45) is 0 Å². The molecule has 0 aliphatic carbocycles. The lowest BCUT2D eigenvalue weighted by molar-refractivity contribution is -0.155. The normalized spacial score (nSPS) is 16.8. The molecule has 2 heterocycles. The van der Waals surface area contributed by atoms with E-state index in [1.165, 1.54) is 17.3 Å². The van der Waals surface area contributed by atoms with E-state index in [0.717, 1.165) is 24.2 Å². The number of amides is 1. The van der Waals surface area contributed by atoms with Gasteiger partial charge in [-0.25, -0.2) is 4.79 Å². The molecule has 1 atom stereocenters. The number of rotatable bonds is 7. The lowest BCUT2D eigenvalue weighted by Crippen LogP contribution is -2.49. The molecule has 1 aromatic carbocycles. The maximum Gasteiger partial charge on any atom is 0.328 e. The molecule has 1 aromatic heterocycles. The van der Waals surface area contributed by atoms with Crippen LogP contribution in [0.1, 0.15) is 59.4 Å². The largest absolute Gasteiger partial charge is 0.464 e. The first-order valence-electron chi connectivity index (χ1n) is 11.4. The van der Waals surface area contributed by atoms with Gasteiger partial charge in [0.15, 0.2) is 11.0 Å². The van der Waals surface area contributed by atoms with E-state index in [0.29, 0.717) is 31.3 Å². The van der Waals surface area contributed by atoms with Gasteiger partial charge in [0.2, 0.25) is 5.91 Å². The van der Waals surface area contributed by atoms with Gasteiger partial charge in [0.1, 0.15) is 6.04 Å². The number of likely N-dealkylation sites (tertiary alicyclic amines) is 1. The number of aromatic nitrogens is 3. The van der Waals surface area contributed by atoms with E-state index in [2.05, 4.69) is 55.2 Å². The number of carbonyl (C=O) groups excluding carboxylic acids is 2. The SMILES string of the molecule is CCOC(=O)C1CCCCN1C(=O)CSc1nnc(-c2ccc(C(C)(C)C)cc2)n1CC. The van der Waals surface area contributed by atoms with Gasteiger partial charge in [0, 0.05) is 18.7 Å². The Hall–Kier alpha value is -2.35. The standard InChI is InChI=1S/C24H34N4O3S/c1-6-27-21(17-11-13-18(14-12-17)24(3,4)5)25-26-23(27)32-16-20(29)28-15-9-8-10-19(28)22(30)31-7-2/h11-14,19H,6-10,15-16H2,1-5H3. The number of carbonyl (C=O) groups is 2. The highest BCUT2D eigenvalue weighted by Crippen LogP contribution is 2.28. The number of hydrogen-bond acceptors (Lipinski definition) is 6. The molecule has 1 fully saturated rings. The minimum atomic E-state index is -0.474. The molecule has 0 saturated carbocycles. The van der Waals surface area contributed by atoms with E-state index in [4.69, 9.17) is 4.74 Å². The Morgan fingerprint density at radius 1 is 1.12 bits per heavy atom. The zero-order chi connectivity index (χ0) is 23.3. The van der Waals surface area contributed by atoms with Gasteiger partial charge in [-0.3, -0.25) is 4.79 Å². The van der Waals surface area contributed by atoms with Gasteiger partial charge in [0.25, 0.3) is 0 Å². The van der Waals surface area contributed by atoms with E-state index in [-0.39, 0.29) is 23.0 Å². The molecule has 7 nitrogen and oxygen atoms in total. The summed E-state index contributed by atoms with van der Waals surface area (Å²) in [6, 6.07) is 7.94. The van der Waals surface area contributed by atoms with Gasteiger partial charge in [-0.1, -0.05) is 56.8 Å². The van der Waals surface area contributed by atoms with E-state index >= 15 is 0 Å². The average molecular weight is 459 g/mol. The second kappa shape index (κ2) is 10.5. The summed E-state index contributed by atoms with van der Waals surface area (Å²) in [6.45, 7) is 12.0. The fourth-order valence-corrected chi connectivity index (χ4v) is 4.82. The van der Waals surface area contributed by atoms with Crippen LogP contribution in [0.15, 0.2) is 29.4 Å². The van der Waals surface area contributed by atoms with Crippen molar-refractivity contribution >= 4 is 23.6 Å². The molecule has 0 bridgehead atoms. The number of nitrogens with zero attached hydrogens (tertiary/aromatic N) is 4. The van der Waals surface area contributed by atoms with Crippen LogP contribution >= 0.6 is 11.8 Å². The van der Waals surface area contributed by atoms with Crippen LogP contribution in [0.3, 0.4) is 0 Å². The third-order valence-corrected chi connectivity index (χ3v) is 6.70. The second-order valence-electron chi connectivity index (χ2n) is 9.02.